The van der Waals surface area contributed by atoms with Crippen LogP contribution in [-0.4, -0.2) is 32.3 Å². The first-order valence-electron chi connectivity index (χ1n) is 6.96. The number of hydrogen-bond acceptors (Lipinski definition) is 4. The lowest BCUT2D eigenvalue weighted by molar-refractivity contribution is -0.136. The van der Waals surface area contributed by atoms with E-state index in [4.69, 9.17) is 9.84 Å². The molecule has 0 fully saturated rings. The molecule has 6 heteroatoms. The molecule has 1 N–H and O–H groups in total. The zero-order valence-corrected chi connectivity index (χ0v) is 12.1. The summed E-state index contributed by atoms with van der Waals surface area (Å²) in [4.78, 5) is 15.4. The van der Waals surface area contributed by atoms with E-state index in [9.17, 15) is 4.79 Å². The molecule has 1 aromatic carbocycles. The van der Waals surface area contributed by atoms with Crippen molar-refractivity contribution in [3.8, 4) is 17.0 Å². The smallest absolute Gasteiger partial charge is 0.308 e. The van der Waals surface area contributed by atoms with Crippen molar-refractivity contribution in [3.63, 3.8) is 0 Å². The summed E-state index contributed by atoms with van der Waals surface area (Å²) in [6.45, 7) is 2.52. The van der Waals surface area contributed by atoms with Crippen LogP contribution in [-0.2, 0) is 11.2 Å². The van der Waals surface area contributed by atoms with E-state index in [0.29, 0.717) is 23.5 Å². The molecule has 0 saturated heterocycles. The predicted octanol–water partition coefficient (Wildman–Crippen LogP) is 2.42. The molecular weight excluding hydrogens is 282 g/mol. The lowest BCUT2D eigenvalue weighted by Crippen LogP contribution is -2.01. The van der Waals surface area contributed by atoms with E-state index >= 15 is 0 Å². The van der Waals surface area contributed by atoms with Crippen LogP contribution in [0.2, 0.25) is 0 Å². The summed E-state index contributed by atoms with van der Waals surface area (Å²) < 4.78 is 7.02. The summed E-state index contributed by atoms with van der Waals surface area (Å²) in [7, 11) is 0. The number of aliphatic carboxylic acids is 1. The molecule has 0 saturated carbocycles. The van der Waals surface area contributed by atoms with Gasteiger partial charge in [-0.3, -0.25) is 4.79 Å². The van der Waals surface area contributed by atoms with Gasteiger partial charge in [0.15, 0.2) is 5.65 Å². The third-order valence-corrected chi connectivity index (χ3v) is 3.26. The first-order valence-corrected chi connectivity index (χ1v) is 6.96. The molecule has 2 heterocycles. The van der Waals surface area contributed by atoms with Gasteiger partial charge >= 0.3 is 5.97 Å². The monoisotopic (exact) mass is 297 g/mol. The Morgan fingerprint density at radius 2 is 2.09 bits per heavy atom. The minimum Gasteiger partial charge on any atom is -0.494 e. The third kappa shape index (κ3) is 2.63. The second-order valence-corrected chi connectivity index (χ2v) is 4.74. The number of hydrogen-bond donors (Lipinski definition) is 1. The van der Waals surface area contributed by atoms with Crippen LogP contribution in [0.3, 0.4) is 0 Å². The van der Waals surface area contributed by atoms with Crippen LogP contribution in [0.1, 0.15) is 12.5 Å². The Balaban J connectivity index is 2.10. The first kappa shape index (κ1) is 14.1. The van der Waals surface area contributed by atoms with Gasteiger partial charge in [-0.25, -0.2) is 9.50 Å². The second-order valence-electron chi connectivity index (χ2n) is 4.74. The first-order chi connectivity index (χ1) is 10.7. The van der Waals surface area contributed by atoms with Crippen molar-refractivity contribution in [2.75, 3.05) is 6.61 Å². The molecule has 112 valence electrons. The number of benzene rings is 1. The molecule has 0 unspecified atom stereocenters. The van der Waals surface area contributed by atoms with E-state index in [-0.39, 0.29) is 6.42 Å². The van der Waals surface area contributed by atoms with Crippen molar-refractivity contribution >= 4 is 11.6 Å². The van der Waals surface area contributed by atoms with Gasteiger partial charge in [-0.2, -0.15) is 5.10 Å². The molecule has 0 aliphatic heterocycles. The highest BCUT2D eigenvalue weighted by Gasteiger charge is 2.17. The van der Waals surface area contributed by atoms with Gasteiger partial charge in [-0.1, -0.05) is 0 Å². The summed E-state index contributed by atoms with van der Waals surface area (Å²) >= 11 is 0. The van der Waals surface area contributed by atoms with Crippen molar-refractivity contribution in [1.29, 1.82) is 0 Å². The van der Waals surface area contributed by atoms with Crippen LogP contribution >= 0.6 is 0 Å². The van der Waals surface area contributed by atoms with E-state index in [1.165, 1.54) is 0 Å². The van der Waals surface area contributed by atoms with E-state index in [2.05, 4.69) is 10.1 Å². The zero-order valence-electron chi connectivity index (χ0n) is 12.1. The van der Waals surface area contributed by atoms with Crippen molar-refractivity contribution in [2.24, 2.45) is 0 Å². The molecule has 0 atom stereocenters. The average molecular weight is 297 g/mol. The largest absolute Gasteiger partial charge is 0.494 e. The Hall–Kier alpha value is -2.89. The van der Waals surface area contributed by atoms with E-state index in [0.717, 1.165) is 11.3 Å². The van der Waals surface area contributed by atoms with Gasteiger partial charge in [0.1, 0.15) is 5.75 Å². The van der Waals surface area contributed by atoms with E-state index < -0.39 is 5.97 Å². The summed E-state index contributed by atoms with van der Waals surface area (Å²) in [5.74, 6) is -0.138. The van der Waals surface area contributed by atoms with Gasteiger partial charge in [-0.05, 0) is 37.3 Å². The number of ether oxygens (including phenoxy) is 1. The topological polar surface area (TPSA) is 76.7 Å². The minimum absolute atomic E-state index is 0.122. The van der Waals surface area contributed by atoms with Crippen LogP contribution < -0.4 is 4.74 Å². The molecular formula is C16H15N3O3. The number of carboxylic acids is 1. The molecule has 3 rings (SSSR count). The van der Waals surface area contributed by atoms with E-state index in [1.807, 2.05) is 31.2 Å². The Kier molecular flexibility index (Phi) is 3.74. The van der Waals surface area contributed by atoms with Crippen LogP contribution in [0, 0.1) is 0 Å². The normalized spacial score (nSPS) is 10.8. The number of carbonyl (C=O) groups is 1. The van der Waals surface area contributed by atoms with Gasteiger partial charge in [-0.15, -0.1) is 0 Å². The van der Waals surface area contributed by atoms with Crippen LogP contribution in [0.5, 0.6) is 5.75 Å². The average Bonchev–Trinajstić information content (AvgIpc) is 2.87. The van der Waals surface area contributed by atoms with Gasteiger partial charge < -0.3 is 9.84 Å². The fraction of sp³-hybridized carbons (Fsp3) is 0.188. The summed E-state index contributed by atoms with van der Waals surface area (Å²) in [6.07, 6.45) is 3.26. The zero-order chi connectivity index (χ0) is 15.5. The Labute approximate surface area is 127 Å². The van der Waals surface area contributed by atoms with Gasteiger partial charge in [0.25, 0.3) is 0 Å². The molecule has 0 bridgehead atoms. The SMILES string of the molecule is CCOc1ccc(-c2nn3cccnc3c2CC(=O)O)cc1. The van der Waals surface area contributed by atoms with Crippen LogP contribution in [0.4, 0.5) is 0 Å². The van der Waals surface area contributed by atoms with Crippen molar-refractivity contribution in [1.82, 2.24) is 14.6 Å². The molecule has 6 nitrogen and oxygen atoms in total. The van der Waals surface area contributed by atoms with Gasteiger partial charge in [0.2, 0.25) is 0 Å². The highest BCUT2D eigenvalue weighted by Crippen LogP contribution is 2.27. The summed E-state index contributed by atoms with van der Waals surface area (Å²) in [6, 6.07) is 9.20. The summed E-state index contributed by atoms with van der Waals surface area (Å²) in [5, 5.41) is 13.6. The molecule has 3 aromatic rings. The lowest BCUT2D eigenvalue weighted by Gasteiger charge is -2.04. The number of aromatic nitrogens is 3. The number of carboxylic acid groups (broad SMARTS) is 1. The van der Waals surface area contributed by atoms with Crippen LogP contribution in [0.15, 0.2) is 42.7 Å². The van der Waals surface area contributed by atoms with Crippen molar-refractivity contribution in [2.45, 2.75) is 13.3 Å². The van der Waals surface area contributed by atoms with Gasteiger partial charge in [0.05, 0.1) is 18.7 Å². The maximum atomic E-state index is 11.1. The maximum absolute atomic E-state index is 11.1. The Morgan fingerprint density at radius 3 is 2.77 bits per heavy atom. The quantitative estimate of drug-likeness (QED) is 0.782. The van der Waals surface area contributed by atoms with Crippen molar-refractivity contribution < 1.29 is 14.6 Å². The molecule has 0 aliphatic rings. The fourth-order valence-electron chi connectivity index (χ4n) is 2.36. The minimum atomic E-state index is -0.910. The van der Waals surface area contributed by atoms with E-state index in [1.54, 1.807) is 23.0 Å². The molecule has 2 aromatic heterocycles. The van der Waals surface area contributed by atoms with Crippen LogP contribution in [0.25, 0.3) is 16.9 Å². The molecule has 0 spiro atoms. The molecule has 0 aliphatic carbocycles. The molecule has 22 heavy (non-hydrogen) atoms. The highest BCUT2D eigenvalue weighted by atomic mass is 16.5. The Bertz CT molecular complexity index is 809. The van der Waals surface area contributed by atoms with Gasteiger partial charge in [0, 0.05) is 23.5 Å². The number of nitrogens with zero attached hydrogens (tertiary/aromatic N) is 3. The number of fused-ring (bicyclic) bond motifs is 1. The number of rotatable bonds is 5. The summed E-state index contributed by atoms with van der Waals surface area (Å²) in [5.41, 5.74) is 2.64. The lowest BCUT2D eigenvalue weighted by atomic mass is 10.1. The second kappa shape index (κ2) is 5.85. The highest BCUT2D eigenvalue weighted by molar-refractivity contribution is 5.80. The fourth-order valence-corrected chi connectivity index (χ4v) is 2.36. The molecule has 0 amide bonds. The maximum Gasteiger partial charge on any atom is 0.308 e. The van der Waals surface area contributed by atoms with Crippen molar-refractivity contribution in [3.05, 3.63) is 48.3 Å². The molecule has 0 radical (unpaired) electrons. The Morgan fingerprint density at radius 1 is 1.32 bits per heavy atom. The predicted molar refractivity (Wildman–Crippen MR) is 80.9 cm³/mol. The standard InChI is InChI=1S/C16H15N3O3/c1-2-22-12-6-4-11(5-7-12)15-13(10-14(20)21)16-17-8-3-9-19(16)18-15/h3-9H,2,10H2,1H3,(H,20,21). The third-order valence-electron chi connectivity index (χ3n) is 3.26.